The Morgan fingerprint density at radius 1 is 1.00 bits per heavy atom. The molecule has 2 amide bonds. The first-order valence-corrected chi connectivity index (χ1v) is 7.68. The van der Waals surface area contributed by atoms with Crippen molar-refractivity contribution >= 4 is 11.8 Å². The summed E-state index contributed by atoms with van der Waals surface area (Å²) >= 11 is 0. The standard InChI is InChI=1S/C17H18N6O/c24-17(20-11-7-14-5-1-3-9-18-14)21-16-8-12-23(22-16)13-15-6-2-4-10-19-15/h1-6,8-10,12H,7,11,13H2,(H2,20,21,22,24). The average Bonchev–Trinajstić information content (AvgIpc) is 3.03. The number of pyridine rings is 2. The number of carbonyl (C=O) groups is 1. The van der Waals surface area contributed by atoms with Crippen LogP contribution in [0.4, 0.5) is 10.6 Å². The molecule has 7 nitrogen and oxygen atoms in total. The fourth-order valence-corrected chi connectivity index (χ4v) is 2.18. The van der Waals surface area contributed by atoms with Gasteiger partial charge in [0.1, 0.15) is 0 Å². The maximum atomic E-state index is 11.9. The molecule has 0 radical (unpaired) electrons. The molecule has 0 saturated carbocycles. The summed E-state index contributed by atoms with van der Waals surface area (Å²) in [4.78, 5) is 20.3. The lowest BCUT2D eigenvalue weighted by molar-refractivity contribution is 0.252. The van der Waals surface area contributed by atoms with Crippen molar-refractivity contribution < 1.29 is 4.79 Å². The summed E-state index contributed by atoms with van der Waals surface area (Å²) in [5.41, 5.74) is 1.85. The molecule has 122 valence electrons. The molecule has 24 heavy (non-hydrogen) atoms. The predicted molar refractivity (Wildman–Crippen MR) is 90.5 cm³/mol. The Balaban J connectivity index is 1.45. The molecule has 0 aliphatic heterocycles. The molecule has 0 saturated heterocycles. The van der Waals surface area contributed by atoms with Crippen LogP contribution in [0.1, 0.15) is 11.4 Å². The van der Waals surface area contributed by atoms with E-state index < -0.39 is 0 Å². The van der Waals surface area contributed by atoms with Crippen molar-refractivity contribution in [1.82, 2.24) is 25.1 Å². The number of amides is 2. The Morgan fingerprint density at radius 3 is 2.46 bits per heavy atom. The van der Waals surface area contributed by atoms with E-state index in [4.69, 9.17) is 0 Å². The zero-order chi connectivity index (χ0) is 16.6. The number of nitrogens with one attached hydrogen (secondary N) is 2. The Bertz CT molecular complexity index is 772. The lowest BCUT2D eigenvalue weighted by atomic mass is 10.3. The molecule has 0 spiro atoms. The molecule has 3 aromatic rings. The van der Waals surface area contributed by atoms with E-state index in [0.717, 1.165) is 11.4 Å². The number of nitrogens with zero attached hydrogens (tertiary/aromatic N) is 4. The highest BCUT2D eigenvalue weighted by molar-refractivity contribution is 5.88. The summed E-state index contributed by atoms with van der Waals surface area (Å²) in [5.74, 6) is 0.501. The minimum atomic E-state index is -0.283. The molecule has 2 N–H and O–H groups in total. The van der Waals surface area contributed by atoms with Crippen LogP contribution in [0.15, 0.2) is 61.1 Å². The second-order valence-electron chi connectivity index (χ2n) is 5.17. The molecule has 7 heteroatoms. The van der Waals surface area contributed by atoms with Gasteiger partial charge in [0, 0.05) is 43.3 Å². The molecule has 0 fully saturated rings. The van der Waals surface area contributed by atoms with Crippen LogP contribution in [-0.4, -0.2) is 32.3 Å². The molecule has 0 bridgehead atoms. The Kier molecular flexibility index (Phi) is 5.14. The highest BCUT2D eigenvalue weighted by Gasteiger charge is 2.05. The third-order valence-electron chi connectivity index (χ3n) is 3.33. The van der Waals surface area contributed by atoms with Crippen molar-refractivity contribution in [3.8, 4) is 0 Å². The smallest absolute Gasteiger partial charge is 0.320 e. The van der Waals surface area contributed by atoms with Crippen LogP contribution < -0.4 is 10.6 Å². The Morgan fingerprint density at radius 2 is 1.75 bits per heavy atom. The quantitative estimate of drug-likeness (QED) is 0.728. The van der Waals surface area contributed by atoms with Gasteiger partial charge >= 0.3 is 6.03 Å². The number of anilines is 1. The van der Waals surface area contributed by atoms with Crippen LogP contribution in [-0.2, 0) is 13.0 Å². The Labute approximate surface area is 139 Å². The first-order valence-electron chi connectivity index (χ1n) is 7.68. The molecular weight excluding hydrogens is 304 g/mol. The van der Waals surface area contributed by atoms with Crippen LogP contribution in [0.5, 0.6) is 0 Å². The molecule has 0 aromatic carbocycles. The molecule has 0 unspecified atom stereocenters. The average molecular weight is 322 g/mol. The highest BCUT2D eigenvalue weighted by atomic mass is 16.2. The number of rotatable bonds is 6. The molecule has 0 aliphatic carbocycles. The second kappa shape index (κ2) is 7.87. The fraction of sp³-hybridized carbons (Fsp3) is 0.176. The minimum Gasteiger partial charge on any atom is -0.337 e. The first-order chi connectivity index (χ1) is 11.8. The maximum Gasteiger partial charge on any atom is 0.320 e. The van der Waals surface area contributed by atoms with E-state index >= 15 is 0 Å². The van der Waals surface area contributed by atoms with Gasteiger partial charge in [0.2, 0.25) is 0 Å². The lowest BCUT2D eigenvalue weighted by Crippen LogP contribution is -2.30. The minimum absolute atomic E-state index is 0.283. The largest absolute Gasteiger partial charge is 0.337 e. The van der Waals surface area contributed by atoms with E-state index in [1.807, 2.05) is 36.4 Å². The van der Waals surface area contributed by atoms with Gasteiger partial charge < -0.3 is 5.32 Å². The van der Waals surface area contributed by atoms with E-state index in [2.05, 4.69) is 25.7 Å². The van der Waals surface area contributed by atoms with Gasteiger partial charge in [-0.15, -0.1) is 0 Å². The number of hydrogen-bond donors (Lipinski definition) is 2. The van der Waals surface area contributed by atoms with E-state index in [0.29, 0.717) is 25.3 Å². The summed E-state index contributed by atoms with van der Waals surface area (Å²) < 4.78 is 1.73. The third-order valence-corrected chi connectivity index (χ3v) is 3.33. The van der Waals surface area contributed by atoms with Gasteiger partial charge in [0.25, 0.3) is 0 Å². The van der Waals surface area contributed by atoms with Gasteiger partial charge in [-0.25, -0.2) is 4.79 Å². The SMILES string of the molecule is O=C(NCCc1ccccn1)Nc1ccn(Cc2ccccn2)n1. The molecule has 0 aliphatic rings. The van der Waals surface area contributed by atoms with Crippen molar-refractivity contribution in [3.63, 3.8) is 0 Å². The van der Waals surface area contributed by atoms with Gasteiger partial charge in [-0.2, -0.15) is 5.10 Å². The maximum absolute atomic E-state index is 11.9. The zero-order valence-corrected chi connectivity index (χ0v) is 13.1. The summed E-state index contributed by atoms with van der Waals surface area (Å²) in [6.45, 7) is 1.07. The van der Waals surface area contributed by atoms with Crippen LogP contribution in [0.3, 0.4) is 0 Å². The fourth-order valence-electron chi connectivity index (χ4n) is 2.18. The Hall–Kier alpha value is -3.22. The number of aromatic nitrogens is 4. The van der Waals surface area contributed by atoms with E-state index in [-0.39, 0.29) is 6.03 Å². The summed E-state index contributed by atoms with van der Waals surface area (Å²) in [7, 11) is 0. The van der Waals surface area contributed by atoms with Crippen molar-refractivity contribution in [2.45, 2.75) is 13.0 Å². The molecular formula is C17H18N6O. The second-order valence-corrected chi connectivity index (χ2v) is 5.17. The normalized spacial score (nSPS) is 10.3. The number of urea groups is 1. The van der Waals surface area contributed by atoms with Crippen LogP contribution >= 0.6 is 0 Å². The molecule has 3 heterocycles. The van der Waals surface area contributed by atoms with Gasteiger partial charge in [-0.3, -0.25) is 20.0 Å². The summed E-state index contributed by atoms with van der Waals surface area (Å²) in [5, 5.41) is 9.80. The summed E-state index contributed by atoms with van der Waals surface area (Å²) in [6, 6.07) is 12.9. The van der Waals surface area contributed by atoms with Crippen LogP contribution in [0, 0.1) is 0 Å². The van der Waals surface area contributed by atoms with Crippen LogP contribution in [0.2, 0.25) is 0 Å². The zero-order valence-electron chi connectivity index (χ0n) is 13.1. The van der Waals surface area contributed by atoms with E-state index in [1.54, 1.807) is 29.3 Å². The predicted octanol–water partition coefficient (Wildman–Crippen LogP) is 2.09. The monoisotopic (exact) mass is 322 g/mol. The lowest BCUT2D eigenvalue weighted by Gasteiger charge is -2.05. The summed E-state index contributed by atoms with van der Waals surface area (Å²) in [6.07, 6.45) is 5.97. The van der Waals surface area contributed by atoms with Crippen molar-refractivity contribution in [1.29, 1.82) is 0 Å². The van der Waals surface area contributed by atoms with Gasteiger partial charge in [0.05, 0.1) is 12.2 Å². The molecule has 0 atom stereocenters. The van der Waals surface area contributed by atoms with Crippen LogP contribution in [0.25, 0.3) is 0 Å². The number of carbonyl (C=O) groups excluding carboxylic acids is 1. The van der Waals surface area contributed by atoms with Gasteiger partial charge in [0.15, 0.2) is 5.82 Å². The molecule has 3 rings (SSSR count). The molecule has 3 aromatic heterocycles. The third kappa shape index (κ3) is 4.64. The topological polar surface area (TPSA) is 84.7 Å². The number of hydrogen-bond acceptors (Lipinski definition) is 4. The van der Waals surface area contributed by atoms with Crippen molar-refractivity contribution in [3.05, 3.63) is 72.4 Å². The van der Waals surface area contributed by atoms with Crippen molar-refractivity contribution in [2.24, 2.45) is 0 Å². The van der Waals surface area contributed by atoms with E-state index in [9.17, 15) is 4.79 Å². The van der Waals surface area contributed by atoms with Crippen molar-refractivity contribution in [2.75, 3.05) is 11.9 Å². The van der Waals surface area contributed by atoms with Gasteiger partial charge in [-0.1, -0.05) is 12.1 Å². The van der Waals surface area contributed by atoms with Gasteiger partial charge in [-0.05, 0) is 24.3 Å². The first kappa shape index (κ1) is 15.7. The van der Waals surface area contributed by atoms with E-state index in [1.165, 1.54) is 0 Å². The highest BCUT2D eigenvalue weighted by Crippen LogP contribution is 2.04.